The minimum atomic E-state index is -0.505. The Kier molecular flexibility index (Phi) is 4.39. The summed E-state index contributed by atoms with van der Waals surface area (Å²) >= 11 is 0. The monoisotopic (exact) mass is 297 g/mol. The molecule has 0 aromatic rings. The van der Waals surface area contributed by atoms with Crippen LogP contribution >= 0.6 is 0 Å². The smallest absolute Gasteiger partial charge is 0.410 e. The second-order valence-corrected chi connectivity index (χ2v) is 6.50. The number of piperazine rings is 1. The summed E-state index contributed by atoms with van der Waals surface area (Å²) in [4.78, 5) is 38.5. The first-order valence-corrected chi connectivity index (χ1v) is 7.30. The van der Waals surface area contributed by atoms with Crippen molar-refractivity contribution in [1.82, 2.24) is 15.1 Å². The van der Waals surface area contributed by atoms with Crippen molar-refractivity contribution >= 4 is 17.9 Å². The third-order valence-corrected chi connectivity index (χ3v) is 3.63. The van der Waals surface area contributed by atoms with Crippen LogP contribution in [-0.2, 0) is 14.3 Å². The second kappa shape index (κ2) is 5.91. The standard InChI is InChI=1S/C14H23N3O4/c1-14(2,3)21-13(20)16-6-4-10(5-7-16)17-9-11(18)15-8-12(17)19/h10H,4-9H2,1-3H3,(H,15,18). The van der Waals surface area contributed by atoms with Gasteiger partial charge in [0.2, 0.25) is 11.8 Å². The van der Waals surface area contributed by atoms with Crippen molar-refractivity contribution in [1.29, 1.82) is 0 Å². The molecule has 1 N–H and O–H groups in total. The van der Waals surface area contributed by atoms with Gasteiger partial charge in [0.1, 0.15) is 5.60 Å². The van der Waals surface area contributed by atoms with E-state index in [4.69, 9.17) is 4.74 Å². The number of likely N-dealkylation sites (tertiary alicyclic amines) is 1. The van der Waals surface area contributed by atoms with Crippen LogP contribution in [-0.4, -0.2) is 65.5 Å². The van der Waals surface area contributed by atoms with Crippen LogP contribution in [0.2, 0.25) is 0 Å². The fraction of sp³-hybridized carbons (Fsp3) is 0.786. The molecule has 0 radical (unpaired) electrons. The van der Waals surface area contributed by atoms with Crippen LogP contribution < -0.4 is 5.32 Å². The SMILES string of the molecule is CC(C)(C)OC(=O)N1CCC(N2CC(=O)NCC2=O)CC1. The molecule has 0 bridgehead atoms. The maximum absolute atomic E-state index is 12.0. The number of hydrogen-bond donors (Lipinski definition) is 1. The van der Waals surface area contributed by atoms with Gasteiger partial charge in [-0.3, -0.25) is 9.59 Å². The molecule has 21 heavy (non-hydrogen) atoms. The van der Waals surface area contributed by atoms with Crippen molar-refractivity contribution in [3.05, 3.63) is 0 Å². The van der Waals surface area contributed by atoms with Gasteiger partial charge in [-0.15, -0.1) is 0 Å². The van der Waals surface area contributed by atoms with Crippen molar-refractivity contribution < 1.29 is 19.1 Å². The molecule has 2 aliphatic rings. The Morgan fingerprint density at radius 1 is 1.24 bits per heavy atom. The van der Waals surface area contributed by atoms with E-state index in [1.54, 1.807) is 9.80 Å². The summed E-state index contributed by atoms with van der Waals surface area (Å²) in [7, 11) is 0. The van der Waals surface area contributed by atoms with Crippen molar-refractivity contribution in [2.45, 2.75) is 45.3 Å². The highest BCUT2D eigenvalue weighted by Crippen LogP contribution is 2.20. The van der Waals surface area contributed by atoms with Crippen LogP contribution in [0.4, 0.5) is 4.79 Å². The summed E-state index contributed by atoms with van der Waals surface area (Å²) in [5, 5.41) is 2.54. The van der Waals surface area contributed by atoms with Gasteiger partial charge >= 0.3 is 6.09 Å². The third-order valence-electron chi connectivity index (χ3n) is 3.63. The Balaban J connectivity index is 1.87. The Morgan fingerprint density at radius 2 is 1.86 bits per heavy atom. The topological polar surface area (TPSA) is 79.0 Å². The van der Waals surface area contributed by atoms with Crippen LogP contribution in [0.1, 0.15) is 33.6 Å². The van der Waals surface area contributed by atoms with E-state index in [9.17, 15) is 14.4 Å². The zero-order valence-electron chi connectivity index (χ0n) is 12.8. The maximum atomic E-state index is 12.0. The van der Waals surface area contributed by atoms with Gasteiger partial charge in [-0.2, -0.15) is 0 Å². The number of piperidine rings is 1. The first kappa shape index (κ1) is 15.6. The van der Waals surface area contributed by atoms with E-state index in [1.807, 2.05) is 20.8 Å². The molecule has 3 amide bonds. The minimum absolute atomic E-state index is 0.0298. The second-order valence-electron chi connectivity index (χ2n) is 6.50. The third kappa shape index (κ3) is 4.09. The lowest BCUT2D eigenvalue weighted by atomic mass is 10.0. The first-order chi connectivity index (χ1) is 9.76. The Bertz CT molecular complexity index is 436. The summed E-state index contributed by atoms with van der Waals surface area (Å²) in [6, 6.07) is 0.0298. The molecule has 2 fully saturated rings. The number of carbonyl (C=O) groups excluding carboxylic acids is 3. The zero-order valence-corrected chi connectivity index (χ0v) is 12.8. The Morgan fingerprint density at radius 3 is 2.43 bits per heavy atom. The van der Waals surface area contributed by atoms with Crippen molar-refractivity contribution in [2.24, 2.45) is 0 Å². The lowest BCUT2D eigenvalue weighted by Crippen LogP contribution is -2.57. The summed E-state index contributed by atoms with van der Waals surface area (Å²) in [6.07, 6.45) is 1.04. The van der Waals surface area contributed by atoms with Gasteiger partial charge in [-0.1, -0.05) is 0 Å². The number of ether oxygens (including phenoxy) is 1. The summed E-state index contributed by atoms with van der Waals surface area (Å²) < 4.78 is 5.34. The largest absolute Gasteiger partial charge is 0.444 e. The van der Waals surface area contributed by atoms with Crippen molar-refractivity contribution in [3.8, 4) is 0 Å². The summed E-state index contributed by atoms with van der Waals surface area (Å²) in [5.74, 6) is -0.172. The predicted molar refractivity (Wildman–Crippen MR) is 75.6 cm³/mol. The van der Waals surface area contributed by atoms with E-state index in [0.29, 0.717) is 25.9 Å². The van der Waals surface area contributed by atoms with Gasteiger partial charge in [0.15, 0.2) is 0 Å². The highest BCUT2D eigenvalue weighted by atomic mass is 16.6. The molecule has 0 spiro atoms. The van der Waals surface area contributed by atoms with Gasteiger partial charge in [0.05, 0.1) is 13.1 Å². The Labute approximate surface area is 124 Å². The predicted octanol–water partition coefficient (Wildman–Crippen LogP) is 0.344. The van der Waals surface area contributed by atoms with Gasteiger partial charge in [-0.25, -0.2) is 4.79 Å². The average Bonchev–Trinajstić information content (AvgIpc) is 2.40. The van der Waals surface area contributed by atoms with Gasteiger partial charge in [0, 0.05) is 19.1 Å². The number of rotatable bonds is 1. The molecule has 2 saturated heterocycles. The molecular weight excluding hydrogens is 274 g/mol. The number of amides is 3. The van der Waals surface area contributed by atoms with E-state index in [1.165, 1.54) is 0 Å². The molecule has 0 aromatic carbocycles. The molecule has 0 saturated carbocycles. The van der Waals surface area contributed by atoms with Crippen molar-refractivity contribution in [3.63, 3.8) is 0 Å². The molecule has 0 aromatic heterocycles. The fourth-order valence-electron chi connectivity index (χ4n) is 2.59. The fourth-order valence-corrected chi connectivity index (χ4v) is 2.59. The lowest BCUT2D eigenvalue weighted by Gasteiger charge is -2.40. The van der Waals surface area contributed by atoms with Crippen LogP contribution in [0.25, 0.3) is 0 Å². The number of hydrogen-bond acceptors (Lipinski definition) is 4. The molecule has 7 nitrogen and oxygen atoms in total. The molecule has 118 valence electrons. The lowest BCUT2D eigenvalue weighted by molar-refractivity contribution is -0.143. The molecular formula is C14H23N3O4. The number of nitrogens with zero attached hydrogens (tertiary/aromatic N) is 2. The Hall–Kier alpha value is -1.79. The molecule has 0 unspecified atom stereocenters. The molecule has 2 aliphatic heterocycles. The average molecular weight is 297 g/mol. The van der Waals surface area contributed by atoms with Crippen LogP contribution in [0.15, 0.2) is 0 Å². The van der Waals surface area contributed by atoms with Crippen LogP contribution in [0, 0.1) is 0 Å². The molecule has 0 aliphatic carbocycles. The van der Waals surface area contributed by atoms with Crippen LogP contribution in [0.5, 0.6) is 0 Å². The number of carbonyl (C=O) groups is 3. The van der Waals surface area contributed by atoms with E-state index < -0.39 is 5.60 Å². The number of nitrogens with one attached hydrogen (secondary N) is 1. The maximum Gasteiger partial charge on any atom is 0.410 e. The van der Waals surface area contributed by atoms with Gasteiger partial charge < -0.3 is 19.9 Å². The van der Waals surface area contributed by atoms with E-state index in [-0.39, 0.29) is 37.0 Å². The first-order valence-electron chi connectivity index (χ1n) is 7.30. The van der Waals surface area contributed by atoms with E-state index in [0.717, 1.165) is 0 Å². The highest BCUT2D eigenvalue weighted by molar-refractivity contribution is 5.92. The van der Waals surface area contributed by atoms with Crippen molar-refractivity contribution in [2.75, 3.05) is 26.2 Å². The quantitative estimate of drug-likeness (QED) is 0.757. The molecule has 0 atom stereocenters. The van der Waals surface area contributed by atoms with E-state index >= 15 is 0 Å². The highest BCUT2D eigenvalue weighted by Gasteiger charge is 2.34. The molecule has 2 rings (SSSR count). The summed E-state index contributed by atoms with van der Waals surface area (Å²) in [6.45, 7) is 6.80. The minimum Gasteiger partial charge on any atom is -0.444 e. The summed E-state index contributed by atoms with van der Waals surface area (Å²) in [5.41, 5.74) is -0.505. The van der Waals surface area contributed by atoms with Crippen LogP contribution in [0.3, 0.4) is 0 Å². The van der Waals surface area contributed by atoms with Gasteiger partial charge in [0.25, 0.3) is 0 Å². The normalized spacial score (nSPS) is 21.3. The zero-order chi connectivity index (χ0) is 15.6. The van der Waals surface area contributed by atoms with Gasteiger partial charge in [-0.05, 0) is 33.6 Å². The molecule has 2 heterocycles. The van der Waals surface area contributed by atoms with E-state index in [2.05, 4.69) is 5.32 Å². The molecule has 7 heteroatoms.